The number of hydrogen-bond acceptors (Lipinski definition) is 8. The second-order valence-corrected chi connectivity index (χ2v) is 9.14. The summed E-state index contributed by atoms with van der Waals surface area (Å²) in [6.45, 7) is 3.78. The van der Waals surface area contributed by atoms with Crippen LogP contribution in [0, 0.1) is 6.92 Å². The molecule has 2 amide bonds. The van der Waals surface area contributed by atoms with E-state index in [1.165, 1.54) is 30.2 Å². The number of methoxy groups -OCH3 is 2. The fraction of sp³-hybridized carbons (Fsp3) is 0.273. The van der Waals surface area contributed by atoms with Crippen molar-refractivity contribution in [1.82, 2.24) is 10.2 Å². The summed E-state index contributed by atoms with van der Waals surface area (Å²) in [5.74, 6) is 0.625. The molecule has 0 spiro atoms. The van der Waals surface area contributed by atoms with Crippen LogP contribution in [-0.4, -0.2) is 41.5 Å². The molecule has 2 aromatic carbocycles. The van der Waals surface area contributed by atoms with E-state index in [-0.39, 0.29) is 17.1 Å². The molecule has 0 aliphatic rings. The molecule has 0 radical (unpaired) electrons. The van der Waals surface area contributed by atoms with Gasteiger partial charge in [0.2, 0.25) is 11.0 Å². The number of nitrogens with zero attached hydrogens (tertiary/aromatic N) is 2. The molecular weight excluding hydrogens is 448 g/mol. The van der Waals surface area contributed by atoms with Crippen molar-refractivity contribution in [3.8, 4) is 11.5 Å². The third-order valence-electron chi connectivity index (χ3n) is 4.44. The van der Waals surface area contributed by atoms with Gasteiger partial charge in [-0.05, 0) is 49.7 Å². The molecule has 0 aliphatic carbocycles. The van der Waals surface area contributed by atoms with Gasteiger partial charge in [-0.2, -0.15) is 0 Å². The van der Waals surface area contributed by atoms with Gasteiger partial charge in [-0.3, -0.25) is 14.9 Å². The summed E-state index contributed by atoms with van der Waals surface area (Å²) in [6, 6.07) is 12.4. The highest BCUT2D eigenvalue weighted by atomic mass is 32.2. The number of amides is 2. The van der Waals surface area contributed by atoms with Gasteiger partial charge < -0.3 is 14.8 Å². The van der Waals surface area contributed by atoms with E-state index < -0.39 is 0 Å². The fourth-order valence-corrected chi connectivity index (χ4v) is 4.46. The minimum absolute atomic E-state index is 0.131. The number of carbonyl (C=O) groups excluding carboxylic acids is 2. The first-order valence-electron chi connectivity index (χ1n) is 9.84. The molecule has 1 heterocycles. The summed E-state index contributed by atoms with van der Waals surface area (Å²) in [5.41, 5.74) is 1.07. The van der Waals surface area contributed by atoms with E-state index in [1.807, 2.05) is 32.0 Å². The van der Waals surface area contributed by atoms with Crippen LogP contribution in [0.4, 0.5) is 10.8 Å². The van der Waals surface area contributed by atoms with E-state index in [9.17, 15) is 9.59 Å². The van der Waals surface area contributed by atoms with Gasteiger partial charge in [0.15, 0.2) is 11.5 Å². The van der Waals surface area contributed by atoms with Gasteiger partial charge in [-0.1, -0.05) is 24.3 Å². The standard InChI is InChI=1S/C22H24N4O4S2/c1-5-19(21(28)24-22-26-25-13(2)31-22)32-16-8-6-7-15(12-16)23-20(27)14-9-10-17(29-3)18(11-14)30-4/h6-12,19H,5H2,1-4H3,(H,23,27)(H,24,26,28). The monoisotopic (exact) mass is 472 g/mol. The Labute approximate surface area is 194 Å². The number of nitrogens with one attached hydrogen (secondary N) is 2. The Bertz CT molecular complexity index is 1100. The number of carbonyl (C=O) groups is 2. The number of aryl methyl sites for hydroxylation is 1. The second kappa shape index (κ2) is 11.0. The maximum atomic E-state index is 12.7. The maximum absolute atomic E-state index is 12.7. The molecule has 0 saturated heterocycles. The van der Waals surface area contributed by atoms with Crippen LogP contribution < -0.4 is 20.1 Å². The zero-order valence-corrected chi connectivity index (χ0v) is 19.8. The molecule has 0 fully saturated rings. The maximum Gasteiger partial charge on any atom is 0.255 e. The summed E-state index contributed by atoms with van der Waals surface area (Å²) < 4.78 is 10.5. The van der Waals surface area contributed by atoms with Gasteiger partial charge in [-0.25, -0.2) is 0 Å². The van der Waals surface area contributed by atoms with Crippen molar-refractivity contribution in [1.29, 1.82) is 0 Å². The van der Waals surface area contributed by atoms with Crippen LogP contribution in [-0.2, 0) is 4.79 Å². The van der Waals surface area contributed by atoms with Crippen LogP contribution in [0.2, 0.25) is 0 Å². The number of hydrogen-bond donors (Lipinski definition) is 2. The first kappa shape index (κ1) is 23.6. The summed E-state index contributed by atoms with van der Waals surface area (Å²) in [5, 5.41) is 14.5. The highest BCUT2D eigenvalue weighted by molar-refractivity contribution is 8.00. The van der Waals surface area contributed by atoms with Crippen molar-refractivity contribution in [3.05, 3.63) is 53.0 Å². The van der Waals surface area contributed by atoms with Crippen molar-refractivity contribution < 1.29 is 19.1 Å². The minimum Gasteiger partial charge on any atom is -0.493 e. The molecule has 0 aliphatic heterocycles. The SMILES string of the molecule is CCC(Sc1cccc(NC(=O)c2ccc(OC)c(OC)c2)c1)C(=O)Nc1nnc(C)s1. The molecule has 8 nitrogen and oxygen atoms in total. The van der Waals surface area contributed by atoms with Crippen molar-refractivity contribution in [2.24, 2.45) is 0 Å². The number of benzene rings is 2. The molecule has 10 heteroatoms. The molecule has 1 aromatic heterocycles. The molecule has 0 bridgehead atoms. The van der Waals surface area contributed by atoms with Gasteiger partial charge in [0.1, 0.15) is 5.01 Å². The van der Waals surface area contributed by atoms with Gasteiger partial charge in [-0.15, -0.1) is 22.0 Å². The van der Waals surface area contributed by atoms with Crippen molar-refractivity contribution in [3.63, 3.8) is 0 Å². The highest BCUT2D eigenvalue weighted by Gasteiger charge is 2.20. The largest absolute Gasteiger partial charge is 0.493 e. The normalized spacial score (nSPS) is 11.5. The van der Waals surface area contributed by atoms with Crippen LogP contribution in [0.3, 0.4) is 0 Å². The predicted octanol–water partition coefficient (Wildman–Crippen LogP) is 4.63. The second-order valence-electron chi connectivity index (χ2n) is 6.68. The lowest BCUT2D eigenvalue weighted by molar-refractivity contribution is -0.115. The van der Waals surface area contributed by atoms with Crippen molar-refractivity contribution in [2.75, 3.05) is 24.9 Å². The van der Waals surface area contributed by atoms with Gasteiger partial charge in [0.05, 0.1) is 19.5 Å². The third-order valence-corrected chi connectivity index (χ3v) is 6.55. The summed E-state index contributed by atoms with van der Waals surface area (Å²) in [6.07, 6.45) is 0.635. The van der Waals surface area contributed by atoms with Gasteiger partial charge in [0.25, 0.3) is 5.91 Å². The Morgan fingerprint density at radius 1 is 1.06 bits per heavy atom. The number of anilines is 2. The zero-order chi connectivity index (χ0) is 23.1. The lowest BCUT2D eigenvalue weighted by Crippen LogP contribution is -2.24. The third kappa shape index (κ3) is 5.98. The zero-order valence-electron chi connectivity index (χ0n) is 18.2. The summed E-state index contributed by atoms with van der Waals surface area (Å²) in [4.78, 5) is 26.2. The molecule has 3 rings (SSSR count). The van der Waals surface area contributed by atoms with E-state index in [4.69, 9.17) is 9.47 Å². The molecular formula is C22H24N4O4S2. The van der Waals surface area contributed by atoms with Crippen molar-refractivity contribution in [2.45, 2.75) is 30.4 Å². The number of aromatic nitrogens is 2. The van der Waals surface area contributed by atoms with E-state index >= 15 is 0 Å². The Morgan fingerprint density at radius 2 is 1.84 bits per heavy atom. The van der Waals surface area contributed by atoms with E-state index in [0.29, 0.717) is 34.3 Å². The first-order chi connectivity index (χ1) is 15.4. The molecule has 2 N–H and O–H groups in total. The van der Waals surface area contributed by atoms with Crippen LogP contribution in [0.1, 0.15) is 28.7 Å². The van der Waals surface area contributed by atoms with Crippen LogP contribution in [0.15, 0.2) is 47.4 Å². The van der Waals surface area contributed by atoms with E-state index in [0.717, 1.165) is 9.90 Å². The number of thioether (sulfide) groups is 1. The smallest absolute Gasteiger partial charge is 0.255 e. The van der Waals surface area contributed by atoms with Gasteiger partial charge >= 0.3 is 0 Å². The minimum atomic E-state index is -0.309. The van der Waals surface area contributed by atoms with Crippen LogP contribution in [0.25, 0.3) is 0 Å². The molecule has 168 valence electrons. The Morgan fingerprint density at radius 3 is 2.50 bits per heavy atom. The first-order valence-corrected chi connectivity index (χ1v) is 11.5. The lowest BCUT2D eigenvalue weighted by Gasteiger charge is -2.14. The molecule has 32 heavy (non-hydrogen) atoms. The lowest BCUT2D eigenvalue weighted by atomic mass is 10.2. The van der Waals surface area contributed by atoms with Crippen molar-refractivity contribution >= 4 is 45.7 Å². The fourth-order valence-electron chi connectivity index (χ4n) is 2.85. The Kier molecular flexibility index (Phi) is 8.07. The quantitative estimate of drug-likeness (QED) is 0.438. The van der Waals surface area contributed by atoms with E-state index in [1.54, 1.807) is 31.4 Å². The molecule has 0 saturated carbocycles. The average molecular weight is 473 g/mol. The number of ether oxygens (including phenoxy) is 2. The molecule has 1 atom stereocenters. The topological polar surface area (TPSA) is 102 Å². The van der Waals surface area contributed by atoms with Crippen LogP contribution >= 0.6 is 23.1 Å². The number of rotatable bonds is 9. The highest BCUT2D eigenvalue weighted by Crippen LogP contribution is 2.30. The van der Waals surface area contributed by atoms with Gasteiger partial charge in [0, 0.05) is 16.1 Å². The van der Waals surface area contributed by atoms with Crippen LogP contribution in [0.5, 0.6) is 11.5 Å². The predicted molar refractivity (Wildman–Crippen MR) is 127 cm³/mol. The summed E-state index contributed by atoms with van der Waals surface area (Å²) >= 11 is 2.76. The molecule has 1 unspecified atom stereocenters. The Hall–Kier alpha value is -3.11. The summed E-state index contributed by atoms with van der Waals surface area (Å²) in [7, 11) is 3.06. The Balaban J connectivity index is 1.67. The molecule has 3 aromatic rings. The van der Waals surface area contributed by atoms with E-state index in [2.05, 4.69) is 20.8 Å². The average Bonchev–Trinajstić information content (AvgIpc) is 3.21.